The van der Waals surface area contributed by atoms with Crippen molar-refractivity contribution >= 4 is 16.7 Å². The van der Waals surface area contributed by atoms with Crippen LogP contribution in [0.2, 0.25) is 0 Å². The van der Waals surface area contributed by atoms with Gasteiger partial charge in [0.05, 0.1) is 35.8 Å². The third-order valence-electron chi connectivity index (χ3n) is 5.07. The zero-order chi connectivity index (χ0) is 21.1. The van der Waals surface area contributed by atoms with E-state index in [0.717, 1.165) is 45.9 Å². The molecule has 0 saturated carbocycles. The van der Waals surface area contributed by atoms with Crippen LogP contribution in [-0.2, 0) is 6.54 Å². The number of fused-ring (bicyclic) bond motifs is 1. The lowest BCUT2D eigenvalue weighted by molar-refractivity contribution is 0.328. The molecule has 0 aliphatic heterocycles. The van der Waals surface area contributed by atoms with Gasteiger partial charge in [-0.15, -0.1) is 0 Å². The molecule has 0 aromatic carbocycles. The van der Waals surface area contributed by atoms with Gasteiger partial charge in [-0.25, -0.2) is 15.0 Å². The minimum atomic E-state index is 0.247. The molecule has 30 heavy (non-hydrogen) atoms. The SMILES string of the molecule is CCOc1ncccc1-c1cc(NCc2ncn[nH]2)c2c(n1)c(C)nn2[C@@H](C)CC. The van der Waals surface area contributed by atoms with Crippen molar-refractivity contribution in [3.8, 4) is 17.1 Å². The molecule has 4 rings (SSSR count). The fourth-order valence-corrected chi connectivity index (χ4v) is 3.38. The zero-order valence-corrected chi connectivity index (χ0v) is 17.7. The van der Waals surface area contributed by atoms with E-state index in [-0.39, 0.29) is 6.04 Å². The fraction of sp³-hybridized carbons (Fsp3) is 0.381. The van der Waals surface area contributed by atoms with Crippen molar-refractivity contribution in [2.24, 2.45) is 0 Å². The summed E-state index contributed by atoms with van der Waals surface area (Å²) < 4.78 is 7.79. The molecule has 4 aromatic rings. The van der Waals surface area contributed by atoms with Crippen LogP contribution in [0.1, 0.15) is 44.8 Å². The molecule has 9 heteroatoms. The summed E-state index contributed by atoms with van der Waals surface area (Å²) in [4.78, 5) is 13.5. The van der Waals surface area contributed by atoms with Crippen molar-refractivity contribution < 1.29 is 4.74 Å². The number of rotatable bonds is 8. The summed E-state index contributed by atoms with van der Waals surface area (Å²) in [5.41, 5.74) is 5.28. The number of pyridine rings is 2. The molecule has 0 radical (unpaired) electrons. The first-order valence-electron chi connectivity index (χ1n) is 10.2. The van der Waals surface area contributed by atoms with Crippen LogP contribution in [0.3, 0.4) is 0 Å². The van der Waals surface area contributed by atoms with E-state index < -0.39 is 0 Å². The van der Waals surface area contributed by atoms with E-state index in [2.05, 4.69) is 44.0 Å². The molecule has 0 fully saturated rings. The monoisotopic (exact) mass is 406 g/mol. The maximum atomic E-state index is 5.74. The Hall–Kier alpha value is -3.49. The van der Waals surface area contributed by atoms with Crippen LogP contribution >= 0.6 is 0 Å². The molecule has 0 spiro atoms. The largest absolute Gasteiger partial charge is 0.477 e. The highest BCUT2D eigenvalue weighted by molar-refractivity contribution is 5.93. The van der Waals surface area contributed by atoms with Gasteiger partial charge in [0, 0.05) is 12.2 Å². The maximum Gasteiger partial charge on any atom is 0.222 e. The highest BCUT2D eigenvalue weighted by Gasteiger charge is 2.20. The summed E-state index contributed by atoms with van der Waals surface area (Å²) in [5, 5.41) is 15.1. The molecule has 0 aliphatic rings. The summed E-state index contributed by atoms with van der Waals surface area (Å²) >= 11 is 0. The van der Waals surface area contributed by atoms with Gasteiger partial charge >= 0.3 is 0 Å². The first-order valence-corrected chi connectivity index (χ1v) is 10.2. The van der Waals surface area contributed by atoms with Crippen LogP contribution in [0.4, 0.5) is 5.69 Å². The molecule has 156 valence electrons. The molecule has 0 saturated heterocycles. The highest BCUT2D eigenvalue weighted by atomic mass is 16.5. The number of hydrogen-bond acceptors (Lipinski definition) is 7. The third-order valence-corrected chi connectivity index (χ3v) is 5.07. The lowest BCUT2D eigenvalue weighted by Gasteiger charge is -2.15. The number of aromatic amines is 1. The van der Waals surface area contributed by atoms with Crippen molar-refractivity contribution in [1.29, 1.82) is 0 Å². The average Bonchev–Trinajstić information content (AvgIpc) is 3.40. The molecule has 0 aliphatic carbocycles. The predicted molar refractivity (Wildman–Crippen MR) is 115 cm³/mol. The Bertz CT molecular complexity index is 1140. The molecule has 0 unspecified atom stereocenters. The molecule has 0 bridgehead atoms. The van der Waals surface area contributed by atoms with Crippen molar-refractivity contribution in [3.05, 3.63) is 42.2 Å². The zero-order valence-electron chi connectivity index (χ0n) is 17.7. The number of anilines is 1. The Labute approximate surface area is 174 Å². The third kappa shape index (κ3) is 3.70. The van der Waals surface area contributed by atoms with Gasteiger partial charge in [0.2, 0.25) is 5.88 Å². The van der Waals surface area contributed by atoms with Gasteiger partial charge in [-0.3, -0.25) is 9.78 Å². The summed E-state index contributed by atoms with van der Waals surface area (Å²) in [6, 6.07) is 6.14. The molecule has 4 aromatic heterocycles. The van der Waals surface area contributed by atoms with Crippen molar-refractivity contribution in [2.75, 3.05) is 11.9 Å². The number of ether oxygens (including phenoxy) is 1. The molecule has 0 amide bonds. The second-order valence-electron chi connectivity index (χ2n) is 7.11. The molecule has 2 N–H and O–H groups in total. The van der Waals surface area contributed by atoms with E-state index in [4.69, 9.17) is 14.8 Å². The van der Waals surface area contributed by atoms with E-state index in [1.165, 1.54) is 6.33 Å². The van der Waals surface area contributed by atoms with Crippen LogP contribution in [0.5, 0.6) is 5.88 Å². The van der Waals surface area contributed by atoms with Crippen LogP contribution in [0, 0.1) is 6.92 Å². The second kappa shape index (κ2) is 8.48. The first kappa shape index (κ1) is 19.8. The minimum absolute atomic E-state index is 0.247. The quantitative estimate of drug-likeness (QED) is 0.457. The van der Waals surface area contributed by atoms with Gasteiger partial charge in [0.25, 0.3) is 0 Å². The number of aryl methyl sites for hydroxylation is 1. The number of nitrogens with one attached hydrogen (secondary N) is 2. The van der Waals surface area contributed by atoms with Crippen LogP contribution < -0.4 is 10.1 Å². The van der Waals surface area contributed by atoms with Crippen molar-refractivity contribution in [3.63, 3.8) is 0 Å². The Morgan fingerprint density at radius 1 is 1.27 bits per heavy atom. The lowest BCUT2D eigenvalue weighted by atomic mass is 10.1. The van der Waals surface area contributed by atoms with Crippen molar-refractivity contribution in [1.82, 2.24) is 34.9 Å². The Morgan fingerprint density at radius 3 is 2.87 bits per heavy atom. The number of aromatic nitrogens is 7. The number of nitrogens with zero attached hydrogens (tertiary/aromatic N) is 6. The van der Waals surface area contributed by atoms with Gasteiger partial charge in [0.1, 0.15) is 23.2 Å². The van der Waals surface area contributed by atoms with Gasteiger partial charge in [-0.05, 0) is 45.4 Å². The Balaban J connectivity index is 1.88. The molecule has 4 heterocycles. The normalized spacial score (nSPS) is 12.3. The maximum absolute atomic E-state index is 5.74. The topological polar surface area (TPSA) is 106 Å². The molecule has 9 nitrogen and oxygen atoms in total. The van der Waals surface area contributed by atoms with Crippen molar-refractivity contribution in [2.45, 2.75) is 46.7 Å². The van der Waals surface area contributed by atoms with E-state index in [1.807, 2.05) is 32.0 Å². The molecular formula is C21H26N8O. The summed E-state index contributed by atoms with van der Waals surface area (Å²) in [6.07, 6.45) is 4.20. The Kier molecular flexibility index (Phi) is 5.60. The predicted octanol–water partition coefficient (Wildman–Crippen LogP) is 3.90. The number of hydrogen-bond donors (Lipinski definition) is 2. The standard InChI is InChI=1S/C21H26N8O/c1-5-13(3)29-20-17(23-11-18-24-12-25-27-18)10-16(26-19(20)14(4)28-29)15-8-7-9-22-21(15)30-6-2/h7-10,12-13H,5-6,11H2,1-4H3,(H,23,26)(H,24,25,27)/t13-/m0/s1. The average molecular weight is 406 g/mol. The molecular weight excluding hydrogens is 380 g/mol. The van der Waals surface area contributed by atoms with E-state index in [9.17, 15) is 0 Å². The van der Waals surface area contributed by atoms with Crippen LogP contribution in [0.25, 0.3) is 22.3 Å². The molecule has 1 atom stereocenters. The van der Waals surface area contributed by atoms with Gasteiger partial charge < -0.3 is 10.1 Å². The summed E-state index contributed by atoms with van der Waals surface area (Å²) in [6.45, 7) is 9.29. The lowest BCUT2D eigenvalue weighted by Crippen LogP contribution is -2.09. The van der Waals surface area contributed by atoms with Gasteiger partial charge in [-0.1, -0.05) is 6.92 Å². The Morgan fingerprint density at radius 2 is 2.13 bits per heavy atom. The van der Waals surface area contributed by atoms with E-state index in [1.54, 1.807) is 6.20 Å². The minimum Gasteiger partial charge on any atom is -0.477 e. The highest BCUT2D eigenvalue weighted by Crippen LogP contribution is 2.35. The van der Waals surface area contributed by atoms with Crippen LogP contribution in [0.15, 0.2) is 30.7 Å². The summed E-state index contributed by atoms with van der Waals surface area (Å²) in [7, 11) is 0. The smallest absolute Gasteiger partial charge is 0.222 e. The van der Waals surface area contributed by atoms with Gasteiger partial charge in [-0.2, -0.15) is 10.2 Å². The fourth-order valence-electron chi connectivity index (χ4n) is 3.38. The van der Waals surface area contributed by atoms with Gasteiger partial charge in [0.15, 0.2) is 0 Å². The summed E-state index contributed by atoms with van der Waals surface area (Å²) in [5.74, 6) is 1.32. The van der Waals surface area contributed by atoms with E-state index >= 15 is 0 Å². The second-order valence-corrected chi connectivity index (χ2v) is 7.11. The van der Waals surface area contributed by atoms with Crippen LogP contribution in [-0.4, -0.2) is 41.5 Å². The number of H-pyrrole nitrogens is 1. The first-order chi connectivity index (χ1) is 14.6. The van der Waals surface area contributed by atoms with E-state index in [0.29, 0.717) is 19.0 Å².